The van der Waals surface area contributed by atoms with E-state index in [1.54, 1.807) is 36.6 Å². The van der Waals surface area contributed by atoms with Crippen LogP contribution < -0.4 is 0 Å². The lowest BCUT2D eigenvalue weighted by molar-refractivity contribution is 0.445. The van der Waals surface area contributed by atoms with Gasteiger partial charge in [0.2, 0.25) is 10.0 Å². The van der Waals surface area contributed by atoms with E-state index in [1.165, 1.54) is 4.31 Å². The van der Waals surface area contributed by atoms with Gasteiger partial charge >= 0.3 is 0 Å². The van der Waals surface area contributed by atoms with Crippen LogP contribution in [0.15, 0.2) is 52.0 Å². The Hall–Kier alpha value is -1.59. The van der Waals surface area contributed by atoms with Crippen molar-refractivity contribution in [3.8, 4) is 11.3 Å². The molecule has 2 rings (SSSR count). The van der Waals surface area contributed by atoms with Crippen LogP contribution in [0.2, 0.25) is 0 Å². The monoisotopic (exact) mass is 279 g/mol. The lowest BCUT2D eigenvalue weighted by atomic mass is 10.2. The summed E-state index contributed by atoms with van der Waals surface area (Å²) in [6.45, 7) is 4.61. The van der Waals surface area contributed by atoms with E-state index >= 15 is 0 Å². The molecule has 0 bridgehead atoms. The van der Waals surface area contributed by atoms with E-state index in [0.29, 0.717) is 18.0 Å². The second kappa shape index (κ2) is 5.59. The fourth-order valence-electron chi connectivity index (χ4n) is 1.95. The van der Waals surface area contributed by atoms with Crippen LogP contribution >= 0.6 is 0 Å². The van der Waals surface area contributed by atoms with Crippen molar-refractivity contribution in [2.24, 2.45) is 0 Å². The minimum absolute atomic E-state index is 0.312. The lowest BCUT2D eigenvalue weighted by Gasteiger charge is -2.18. The molecule has 4 nitrogen and oxygen atoms in total. The van der Waals surface area contributed by atoms with E-state index in [0.717, 1.165) is 11.3 Å². The zero-order valence-electron chi connectivity index (χ0n) is 11.0. The predicted octanol–water partition coefficient (Wildman–Crippen LogP) is 2.98. The highest BCUT2D eigenvalue weighted by atomic mass is 32.2. The maximum absolute atomic E-state index is 12.3. The Morgan fingerprint density at radius 3 is 2.16 bits per heavy atom. The molecule has 5 heteroatoms. The largest absolute Gasteiger partial charge is 0.464 e. The van der Waals surface area contributed by atoms with E-state index in [2.05, 4.69) is 0 Å². The molecule has 102 valence electrons. The molecule has 2 aromatic rings. The van der Waals surface area contributed by atoms with Crippen molar-refractivity contribution in [2.75, 3.05) is 13.1 Å². The molecule has 0 aliphatic carbocycles. The van der Waals surface area contributed by atoms with Crippen molar-refractivity contribution in [2.45, 2.75) is 18.7 Å². The molecule has 0 fully saturated rings. The molecule has 1 aromatic heterocycles. The number of furan rings is 1. The van der Waals surface area contributed by atoms with Gasteiger partial charge in [0, 0.05) is 18.7 Å². The van der Waals surface area contributed by atoms with Gasteiger partial charge in [-0.3, -0.25) is 0 Å². The maximum atomic E-state index is 12.3. The van der Waals surface area contributed by atoms with Crippen LogP contribution in [0.3, 0.4) is 0 Å². The van der Waals surface area contributed by atoms with Gasteiger partial charge in [-0.05, 0) is 36.4 Å². The third kappa shape index (κ3) is 2.72. The first-order chi connectivity index (χ1) is 9.09. The summed E-state index contributed by atoms with van der Waals surface area (Å²) in [4.78, 5) is 0.312. The summed E-state index contributed by atoms with van der Waals surface area (Å²) in [5, 5.41) is 0. The van der Waals surface area contributed by atoms with Crippen LogP contribution in [-0.4, -0.2) is 25.8 Å². The summed E-state index contributed by atoms with van der Waals surface area (Å²) in [5.74, 6) is 0.729. The minimum atomic E-state index is -3.38. The molecule has 1 aromatic carbocycles. The van der Waals surface area contributed by atoms with Gasteiger partial charge in [0.1, 0.15) is 5.76 Å². The number of sulfonamides is 1. The summed E-state index contributed by atoms with van der Waals surface area (Å²) in [5.41, 5.74) is 0.864. The van der Waals surface area contributed by atoms with Crippen LogP contribution in [0, 0.1) is 0 Å². The Balaban J connectivity index is 2.33. The van der Waals surface area contributed by atoms with Crippen LogP contribution in [-0.2, 0) is 10.0 Å². The van der Waals surface area contributed by atoms with Gasteiger partial charge in [-0.1, -0.05) is 13.8 Å². The van der Waals surface area contributed by atoms with Crippen molar-refractivity contribution in [1.29, 1.82) is 0 Å². The highest BCUT2D eigenvalue weighted by Gasteiger charge is 2.21. The molecule has 19 heavy (non-hydrogen) atoms. The Kier molecular flexibility index (Phi) is 4.07. The fourth-order valence-corrected chi connectivity index (χ4v) is 3.40. The molecule has 0 atom stereocenters. The van der Waals surface area contributed by atoms with E-state index in [-0.39, 0.29) is 0 Å². The Morgan fingerprint density at radius 2 is 1.68 bits per heavy atom. The predicted molar refractivity (Wildman–Crippen MR) is 74.3 cm³/mol. The van der Waals surface area contributed by atoms with Crippen LogP contribution in [0.4, 0.5) is 0 Å². The molecule has 0 N–H and O–H groups in total. The lowest BCUT2D eigenvalue weighted by Crippen LogP contribution is -2.30. The number of nitrogens with zero attached hydrogens (tertiary/aromatic N) is 1. The molecule has 0 spiro atoms. The molecule has 0 saturated heterocycles. The first-order valence-electron chi connectivity index (χ1n) is 6.23. The Labute approximate surface area is 113 Å². The summed E-state index contributed by atoms with van der Waals surface area (Å²) in [6, 6.07) is 10.4. The normalized spacial score (nSPS) is 11.9. The highest BCUT2D eigenvalue weighted by Crippen LogP contribution is 2.23. The second-order valence-electron chi connectivity index (χ2n) is 4.09. The molecule has 0 amide bonds. The van der Waals surface area contributed by atoms with Gasteiger partial charge in [-0.15, -0.1) is 0 Å². The minimum Gasteiger partial charge on any atom is -0.464 e. The van der Waals surface area contributed by atoms with Gasteiger partial charge in [0.05, 0.1) is 11.2 Å². The third-order valence-electron chi connectivity index (χ3n) is 3.00. The van der Waals surface area contributed by atoms with Crippen molar-refractivity contribution in [3.63, 3.8) is 0 Å². The van der Waals surface area contributed by atoms with Gasteiger partial charge in [-0.2, -0.15) is 4.31 Å². The first-order valence-corrected chi connectivity index (χ1v) is 7.67. The average molecular weight is 279 g/mol. The highest BCUT2D eigenvalue weighted by molar-refractivity contribution is 7.89. The second-order valence-corrected chi connectivity index (χ2v) is 6.03. The molecule has 0 aliphatic rings. The van der Waals surface area contributed by atoms with Gasteiger partial charge in [0.15, 0.2) is 0 Å². The van der Waals surface area contributed by atoms with Crippen molar-refractivity contribution in [1.82, 2.24) is 4.31 Å². The molecule has 0 radical (unpaired) electrons. The van der Waals surface area contributed by atoms with Crippen molar-refractivity contribution in [3.05, 3.63) is 42.7 Å². The van der Waals surface area contributed by atoms with E-state index < -0.39 is 10.0 Å². The maximum Gasteiger partial charge on any atom is 0.243 e. The summed E-state index contributed by atoms with van der Waals surface area (Å²) >= 11 is 0. The fraction of sp³-hybridized carbons (Fsp3) is 0.286. The smallest absolute Gasteiger partial charge is 0.243 e. The van der Waals surface area contributed by atoms with Crippen LogP contribution in [0.1, 0.15) is 13.8 Å². The summed E-state index contributed by atoms with van der Waals surface area (Å²) in [7, 11) is -3.38. The molecular formula is C14H17NO3S. The van der Waals surface area contributed by atoms with E-state index in [4.69, 9.17) is 4.42 Å². The molecule has 1 heterocycles. The average Bonchev–Trinajstić information content (AvgIpc) is 2.94. The SMILES string of the molecule is CCN(CC)S(=O)(=O)c1ccc(-c2ccco2)cc1. The summed E-state index contributed by atoms with van der Waals surface area (Å²) < 4.78 is 31.3. The quantitative estimate of drug-likeness (QED) is 0.845. The molecule has 0 unspecified atom stereocenters. The van der Waals surface area contributed by atoms with Gasteiger partial charge in [0.25, 0.3) is 0 Å². The molecule has 0 aliphatic heterocycles. The topological polar surface area (TPSA) is 50.5 Å². The van der Waals surface area contributed by atoms with Crippen molar-refractivity contribution < 1.29 is 12.8 Å². The number of hydrogen-bond donors (Lipinski definition) is 0. The molecule has 0 saturated carbocycles. The Morgan fingerprint density at radius 1 is 1.05 bits per heavy atom. The zero-order chi connectivity index (χ0) is 13.9. The third-order valence-corrected chi connectivity index (χ3v) is 5.07. The van der Waals surface area contributed by atoms with E-state index in [1.807, 2.05) is 19.9 Å². The Bertz CT molecular complexity index is 611. The first kappa shape index (κ1) is 13.8. The number of hydrogen-bond acceptors (Lipinski definition) is 3. The number of rotatable bonds is 5. The molecular weight excluding hydrogens is 262 g/mol. The van der Waals surface area contributed by atoms with Gasteiger partial charge in [-0.25, -0.2) is 8.42 Å². The van der Waals surface area contributed by atoms with E-state index in [9.17, 15) is 8.42 Å². The van der Waals surface area contributed by atoms with Gasteiger partial charge < -0.3 is 4.42 Å². The summed E-state index contributed by atoms with van der Waals surface area (Å²) in [6.07, 6.45) is 1.59. The zero-order valence-corrected chi connectivity index (χ0v) is 11.9. The standard InChI is InChI=1S/C14H17NO3S/c1-3-15(4-2)19(16,17)13-9-7-12(8-10-13)14-6-5-11-18-14/h5-11H,3-4H2,1-2H3. The van der Waals surface area contributed by atoms with Crippen molar-refractivity contribution >= 4 is 10.0 Å². The van der Waals surface area contributed by atoms with Crippen LogP contribution in [0.25, 0.3) is 11.3 Å². The number of benzene rings is 1. The van der Waals surface area contributed by atoms with Crippen LogP contribution in [0.5, 0.6) is 0 Å².